The summed E-state index contributed by atoms with van der Waals surface area (Å²) in [5.41, 5.74) is 0. The quantitative estimate of drug-likeness (QED) is 0.437. The zero-order valence-corrected chi connectivity index (χ0v) is 5.12. The molecule has 3 N–H and O–H groups in total. The van der Waals surface area contributed by atoms with Crippen molar-refractivity contribution in [2.45, 2.75) is 6.92 Å². The molecule has 0 rings (SSSR count). The first-order valence-corrected chi connectivity index (χ1v) is 2.60. The third-order valence-corrected chi connectivity index (χ3v) is 0. The Hall–Kier alpha value is 0.0523. The molecule has 0 aliphatic carbocycles. The summed E-state index contributed by atoms with van der Waals surface area (Å²) < 4.78 is 14.4. The topological polar surface area (TPSA) is 77.8 Å². The Morgan fingerprint density at radius 3 is 1.57 bits per heavy atom. The van der Waals surface area contributed by atoms with Crippen LogP contribution < -0.4 is 0 Å². The Morgan fingerprint density at radius 2 is 1.57 bits per heavy atom. The molecule has 7 heavy (non-hydrogen) atoms. The van der Waals surface area contributed by atoms with Gasteiger partial charge in [-0.25, -0.2) is 0 Å². The summed E-state index contributed by atoms with van der Waals surface area (Å²) in [5.74, 6) is -0.833. The van der Waals surface area contributed by atoms with Crippen molar-refractivity contribution < 1.29 is 36.3 Å². The fourth-order valence-electron chi connectivity index (χ4n) is 0. The van der Waals surface area contributed by atoms with E-state index in [-0.39, 0.29) is 0 Å². The minimum absolute atomic E-state index is 0.833. The van der Waals surface area contributed by atoms with E-state index < -0.39 is 24.7 Å². The summed E-state index contributed by atoms with van der Waals surface area (Å²) >= 11 is -1.05. The molecule has 0 aliphatic rings. The number of aliphatic carboxylic acids is 1. The van der Waals surface area contributed by atoms with E-state index in [1.54, 1.807) is 0 Å². The van der Waals surface area contributed by atoms with Gasteiger partial charge in [0.2, 0.25) is 0 Å². The number of hydrogen-bond donors (Lipinski definition) is 3. The maximum atomic E-state index is 9.00. The van der Waals surface area contributed by atoms with Gasteiger partial charge in [-0.05, 0) is 0 Å². The normalized spacial score (nSPS) is 6.71. The monoisotopic (exact) mass is 200 g/mol. The predicted octanol–water partition coefficient (Wildman–Crippen LogP) is -1.03. The van der Waals surface area contributed by atoms with Crippen LogP contribution in [-0.4, -0.2) is 18.7 Å². The second-order valence-electron chi connectivity index (χ2n) is 0.582. The summed E-state index contributed by atoms with van der Waals surface area (Å²) in [6.07, 6.45) is 0. The first-order valence-electron chi connectivity index (χ1n) is 1.21. The molecule has 48 valence electrons. The zero-order valence-electron chi connectivity index (χ0n) is 3.57. The third-order valence-electron chi connectivity index (χ3n) is 0. The minimum atomic E-state index is -1.05. The van der Waals surface area contributed by atoms with Gasteiger partial charge in [-0.2, -0.15) is 0 Å². The molecule has 0 spiro atoms. The fourth-order valence-corrected chi connectivity index (χ4v) is 0. The van der Waals surface area contributed by atoms with Crippen molar-refractivity contribution in [1.29, 1.82) is 0 Å². The summed E-state index contributed by atoms with van der Waals surface area (Å²) in [5, 5.41) is 7.42. The molecule has 0 heterocycles. The van der Waals surface area contributed by atoms with Crippen molar-refractivity contribution in [3.05, 3.63) is 0 Å². The van der Waals surface area contributed by atoms with Crippen LogP contribution in [0, 0.1) is 0 Å². The van der Waals surface area contributed by atoms with Crippen molar-refractivity contribution in [2.75, 3.05) is 0 Å². The van der Waals surface area contributed by atoms with Gasteiger partial charge in [-0.15, -0.1) is 0 Å². The van der Waals surface area contributed by atoms with Gasteiger partial charge in [0.1, 0.15) is 0 Å². The van der Waals surface area contributed by atoms with Crippen molar-refractivity contribution >= 4 is 5.97 Å². The molecule has 0 radical (unpaired) electrons. The summed E-state index contributed by atoms with van der Waals surface area (Å²) in [6.45, 7) is 1.08. The molecule has 0 unspecified atom stereocenters. The van der Waals surface area contributed by atoms with Crippen molar-refractivity contribution in [3.63, 3.8) is 0 Å². The van der Waals surface area contributed by atoms with E-state index in [0.717, 1.165) is 6.92 Å². The Labute approximate surface area is 49.8 Å². The van der Waals surface area contributed by atoms with Crippen LogP contribution in [-0.2, 0) is 23.5 Å². The summed E-state index contributed by atoms with van der Waals surface area (Å²) in [7, 11) is 0. The Bertz CT molecular complexity index is 41.0. The van der Waals surface area contributed by atoms with E-state index in [9.17, 15) is 0 Å². The van der Waals surface area contributed by atoms with Crippen LogP contribution in [0.2, 0.25) is 0 Å². The second kappa shape index (κ2) is 9.41. The van der Waals surface area contributed by atoms with Gasteiger partial charge in [-0.3, -0.25) is 4.79 Å². The van der Waals surface area contributed by atoms with Crippen LogP contribution in [0.25, 0.3) is 0 Å². The Balaban J connectivity index is 0. The molecule has 0 bridgehead atoms. The molecule has 0 aromatic rings. The number of rotatable bonds is 0. The molecule has 0 aliphatic heterocycles. The van der Waals surface area contributed by atoms with Crippen molar-refractivity contribution in [1.82, 2.24) is 0 Å². The molecule has 0 saturated heterocycles. The summed E-state index contributed by atoms with van der Waals surface area (Å²) in [4.78, 5) is 9.00. The number of carboxylic acids is 1. The van der Waals surface area contributed by atoms with Crippen LogP contribution in [0.5, 0.6) is 0 Å². The first-order chi connectivity index (χ1) is 3.15. The standard InChI is InChI=1S/C2H4O2.2H2O.Pd/c1-2(3)4;;;/h1H3,(H,3,4);2*1H2;/q;;;+2/p-2. The van der Waals surface area contributed by atoms with Crippen LogP contribution >= 0.6 is 0 Å². The SMILES string of the molecule is CC(=O)O.[OH][Pd][OH]. The average Bonchev–Trinajstić information content (AvgIpc) is 1.33. The van der Waals surface area contributed by atoms with Gasteiger partial charge in [-0.1, -0.05) is 0 Å². The van der Waals surface area contributed by atoms with E-state index in [2.05, 4.69) is 0 Å². The molecule has 0 fully saturated rings. The van der Waals surface area contributed by atoms with Gasteiger partial charge in [0.25, 0.3) is 5.97 Å². The molecule has 0 amide bonds. The van der Waals surface area contributed by atoms with Gasteiger partial charge < -0.3 is 5.11 Å². The van der Waals surface area contributed by atoms with Gasteiger partial charge in [0, 0.05) is 6.92 Å². The Morgan fingerprint density at radius 1 is 1.57 bits per heavy atom. The van der Waals surface area contributed by atoms with Gasteiger partial charge in [0.05, 0.1) is 0 Å². The van der Waals surface area contributed by atoms with Gasteiger partial charge in [0.15, 0.2) is 0 Å². The van der Waals surface area contributed by atoms with Crippen LogP contribution in [0.3, 0.4) is 0 Å². The first kappa shape index (κ1) is 10.1. The second-order valence-corrected chi connectivity index (χ2v) is 0.893. The van der Waals surface area contributed by atoms with E-state index in [1.807, 2.05) is 0 Å². The molecule has 5 heteroatoms. The van der Waals surface area contributed by atoms with Crippen molar-refractivity contribution in [2.24, 2.45) is 0 Å². The molecule has 0 atom stereocenters. The van der Waals surface area contributed by atoms with E-state index >= 15 is 0 Å². The molecular weight excluding hydrogens is 194 g/mol. The van der Waals surface area contributed by atoms with E-state index in [4.69, 9.17) is 17.6 Å². The molecule has 0 aromatic carbocycles. The average molecular weight is 200 g/mol. The molecule has 0 saturated carbocycles. The molecular formula is C2H6O4Pd. The zero-order chi connectivity index (χ0) is 6.28. The number of hydrogen-bond acceptors (Lipinski definition) is 3. The van der Waals surface area contributed by atoms with Gasteiger partial charge >= 0.3 is 26.4 Å². The maximum absolute atomic E-state index is 9.00. The molecule has 0 aromatic heterocycles. The van der Waals surface area contributed by atoms with Crippen LogP contribution in [0.15, 0.2) is 0 Å². The van der Waals surface area contributed by atoms with Crippen LogP contribution in [0.1, 0.15) is 6.92 Å². The van der Waals surface area contributed by atoms with E-state index in [1.165, 1.54) is 0 Å². The molecule has 4 nitrogen and oxygen atoms in total. The fraction of sp³-hybridized carbons (Fsp3) is 0.500. The number of carbonyl (C=O) groups is 1. The predicted molar refractivity (Wildman–Crippen MR) is 17.7 cm³/mol. The number of carboxylic acid groups (broad SMARTS) is 1. The Kier molecular flexibility index (Phi) is 13.6. The van der Waals surface area contributed by atoms with Crippen LogP contribution in [0.4, 0.5) is 0 Å². The van der Waals surface area contributed by atoms with Crippen molar-refractivity contribution in [3.8, 4) is 0 Å². The summed E-state index contributed by atoms with van der Waals surface area (Å²) in [6, 6.07) is 0. The third kappa shape index (κ3) is 36300. The van der Waals surface area contributed by atoms with E-state index in [0.29, 0.717) is 0 Å².